The number of fused-ring (bicyclic) bond motifs is 1. The number of carbonyl (C=O) groups is 2. The zero-order chi connectivity index (χ0) is 28.1. The van der Waals surface area contributed by atoms with Crippen LogP contribution in [0.3, 0.4) is 0 Å². The summed E-state index contributed by atoms with van der Waals surface area (Å²) in [5.74, 6) is 0.145. The van der Waals surface area contributed by atoms with Crippen molar-refractivity contribution in [2.45, 2.75) is 45.9 Å². The van der Waals surface area contributed by atoms with Crippen molar-refractivity contribution in [1.29, 1.82) is 0 Å². The molecule has 12 heteroatoms. The molecule has 210 valence electrons. The highest BCUT2D eigenvalue weighted by atomic mass is 35.5. The molecule has 0 spiro atoms. The first kappa shape index (κ1) is 27.9. The predicted octanol–water partition coefficient (Wildman–Crippen LogP) is 5.73. The first-order valence-corrected chi connectivity index (χ1v) is 13.9. The summed E-state index contributed by atoms with van der Waals surface area (Å²) in [6.07, 6.45) is 5.38. The molecule has 1 saturated heterocycles. The summed E-state index contributed by atoms with van der Waals surface area (Å²) in [6, 6.07) is 10.8. The molecule has 3 heterocycles. The van der Waals surface area contributed by atoms with E-state index in [4.69, 9.17) is 32.7 Å². The van der Waals surface area contributed by atoms with E-state index in [0.29, 0.717) is 45.9 Å². The molecule has 2 aromatic heterocycles. The average Bonchev–Trinajstić information content (AvgIpc) is 3.55. The number of ether oxygens (including phenoxy) is 2. The second kappa shape index (κ2) is 12.7. The van der Waals surface area contributed by atoms with Gasteiger partial charge < -0.3 is 19.4 Å². The van der Waals surface area contributed by atoms with Gasteiger partial charge in [0, 0.05) is 34.6 Å². The Balaban J connectivity index is 1.25. The van der Waals surface area contributed by atoms with Crippen molar-refractivity contribution >= 4 is 51.9 Å². The van der Waals surface area contributed by atoms with E-state index in [2.05, 4.69) is 20.9 Å². The maximum atomic E-state index is 12.6. The number of hydrogen-bond acceptors (Lipinski definition) is 7. The zero-order valence-electron chi connectivity index (χ0n) is 22.0. The zero-order valence-corrected chi connectivity index (χ0v) is 23.5. The third kappa shape index (κ3) is 6.93. The quantitative estimate of drug-likeness (QED) is 0.241. The number of nitrogens with one attached hydrogen (secondary N) is 2. The van der Waals surface area contributed by atoms with Gasteiger partial charge in [-0.1, -0.05) is 28.4 Å². The normalized spacial score (nSPS) is 13.9. The molecule has 0 atom stereocenters. The highest BCUT2D eigenvalue weighted by Crippen LogP contribution is 2.29. The number of hydrogen-bond donors (Lipinski definition) is 2. The summed E-state index contributed by atoms with van der Waals surface area (Å²) in [6.45, 7) is 4.70. The van der Waals surface area contributed by atoms with Crippen molar-refractivity contribution < 1.29 is 19.1 Å². The molecule has 5 rings (SSSR count). The number of aromatic nitrogens is 4. The highest BCUT2D eigenvalue weighted by Gasteiger charge is 2.18. The van der Waals surface area contributed by atoms with Gasteiger partial charge in [-0.25, -0.2) is 9.48 Å². The van der Waals surface area contributed by atoms with E-state index in [0.717, 1.165) is 42.5 Å². The molecule has 0 aliphatic carbocycles. The van der Waals surface area contributed by atoms with Crippen molar-refractivity contribution in [2.75, 3.05) is 18.4 Å². The Morgan fingerprint density at radius 2 is 1.82 bits per heavy atom. The summed E-state index contributed by atoms with van der Waals surface area (Å²) in [5.41, 5.74) is 3.51. The van der Waals surface area contributed by atoms with Crippen LogP contribution in [0.1, 0.15) is 37.4 Å². The Kier molecular flexibility index (Phi) is 8.88. The summed E-state index contributed by atoms with van der Waals surface area (Å²) < 4.78 is 14.5. The number of nitrogens with zero attached hydrogens (tertiary/aromatic N) is 4. The van der Waals surface area contributed by atoms with E-state index >= 15 is 0 Å². The van der Waals surface area contributed by atoms with Gasteiger partial charge in [-0.05, 0) is 80.7 Å². The van der Waals surface area contributed by atoms with Gasteiger partial charge in [-0.15, -0.1) is 5.10 Å². The number of esters is 1. The standard InChI is InChI=1S/C28H30Cl2N6O4/c1-2-35-15-25(32-28(38)40-16-19-9-20(29)12-21(30)10-19)24-13-23(3-4-26(24)35)36-14-22(33-34-36)17-39-27(37)11-18-5-7-31-8-6-18/h3-4,9-10,12-15,18,31H,2,5-8,11,16-17H2,1H3,(H,32,38). The SMILES string of the molecule is CCn1cc(NC(=O)OCc2cc(Cl)cc(Cl)c2)c2cc(-n3cc(COC(=O)CC4CCNCC4)nn3)ccc21. The van der Waals surface area contributed by atoms with Crippen LogP contribution in [0.5, 0.6) is 0 Å². The predicted molar refractivity (Wildman–Crippen MR) is 153 cm³/mol. The van der Waals surface area contributed by atoms with Gasteiger partial charge in [-0.2, -0.15) is 0 Å². The largest absolute Gasteiger partial charge is 0.459 e. The molecule has 1 amide bonds. The number of anilines is 1. The van der Waals surface area contributed by atoms with Crippen LogP contribution < -0.4 is 10.6 Å². The van der Waals surface area contributed by atoms with Gasteiger partial charge in [0.1, 0.15) is 18.9 Å². The number of piperidine rings is 1. The lowest BCUT2D eigenvalue weighted by Gasteiger charge is -2.21. The van der Waals surface area contributed by atoms with E-state index in [1.165, 1.54) is 0 Å². The lowest BCUT2D eigenvalue weighted by atomic mass is 9.95. The van der Waals surface area contributed by atoms with Gasteiger partial charge >= 0.3 is 12.1 Å². The minimum atomic E-state index is -0.606. The summed E-state index contributed by atoms with van der Waals surface area (Å²) in [5, 5.41) is 16.3. The van der Waals surface area contributed by atoms with Crippen LogP contribution in [-0.4, -0.2) is 44.7 Å². The number of halogens is 2. The summed E-state index contributed by atoms with van der Waals surface area (Å²) >= 11 is 12.1. The van der Waals surface area contributed by atoms with Crippen LogP contribution in [0.2, 0.25) is 10.0 Å². The molecular weight excluding hydrogens is 555 g/mol. The number of amides is 1. The van der Waals surface area contributed by atoms with Gasteiger partial charge in [0.15, 0.2) is 0 Å². The van der Waals surface area contributed by atoms with Crippen molar-refractivity contribution in [2.24, 2.45) is 5.92 Å². The Bertz CT molecular complexity index is 1490. The van der Waals surface area contributed by atoms with Gasteiger partial charge in [0.2, 0.25) is 0 Å². The van der Waals surface area contributed by atoms with Crippen LogP contribution in [0.25, 0.3) is 16.6 Å². The number of benzene rings is 2. The van der Waals surface area contributed by atoms with Crippen molar-refractivity contribution in [3.05, 3.63) is 70.1 Å². The van der Waals surface area contributed by atoms with E-state index in [1.807, 2.05) is 35.9 Å². The summed E-state index contributed by atoms with van der Waals surface area (Å²) in [7, 11) is 0. The van der Waals surface area contributed by atoms with Crippen LogP contribution >= 0.6 is 23.2 Å². The molecule has 40 heavy (non-hydrogen) atoms. The van der Waals surface area contributed by atoms with Crippen LogP contribution in [0.15, 0.2) is 48.8 Å². The third-order valence-electron chi connectivity index (χ3n) is 6.83. The van der Waals surface area contributed by atoms with Gasteiger partial charge in [0.05, 0.1) is 23.1 Å². The van der Waals surface area contributed by atoms with Gasteiger partial charge in [0.25, 0.3) is 0 Å². The Morgan fingerprint density at radius 3 is 2.58 bits per heavy atom. The number of aryl methyl sites for hydroxylation is 1. The van der Waals surface area contributed by atoms with Crippen molar-refractivity contribution in [3.8, 4) is 5.69 Å². The Morgan fingerprint density at radius 1 is 1.05 bits per heavy atom. The highest BCUT2D eigenvalue weighted by molar-refractivity contribution is 6.34. The van der Waals surface area contributed by atoms with E-state index in [-0.39, 0.29) is 19.2 Å². The summed E-state index contributed by atoms with van der Waals surface area (Å²) in [4.78, 5) is 24.9. The van der Waals surface area contributed by atoms with Crippen molar-refractivity contribution in [3.63, 3.8) is 0 Å². The van der Waals surface area contributed by atoms with Crippen molar-refractivity contribution in [1.82, 2.24) is 24.9 Å². The second-order valence-corrected chi connectivity index (χ2v) is 10.6. The fourth-order valence-electron chi connectivity index (χ4n) is 4.80. The average molecular weight is 585 g/mol. The monoisotopic (exact) mass is 584 g/mol. The Labute approximate surface area is 241 Å². The van der Waals surface area contributed by atoms with E-state index in [9.17, 15) is 9.59 Å². The smallest absolute Gasteiger partial charge is 0.412 e. The van der Waals surface area contributed by atoms with E-state index in [1.54, 1.807) is 29.1 Å². The molecule has 1 fully saturated rings. The topological polar surface area (TPSA) is 112 Å². The molecule has 2 N–H and O–H groups in total. The Hall–Kier alpha value is -3.60. The van der Waals surface area contributed by atoms with Crippen LogP contribution in [0, 0.1) is 5.92 Å². The molecule has 1 aliphatic rings. The molecule has 0 bridgehead atoms. The molecule has 10 nitrogen and oxygen atoms in total. The first-order chi connectivity index (χ1) is 19.4. The second-order valence-electron chi connectivity index (χ2n) is 9.72. The molecule has 4 aromatic rings. The third-order valence-corrected chi connectivity index (χ3v) is 7.27. The minimum absolute atomic E-state index is 0.0218. The molecular formula is C28H30Cl2N6O4. The molecule has 0 radical (unpaired) electrons. The fourth-order valence-corrected chi connectivity index (χ4v) is 5.37. The fraction of sp³-hybridized carbons (Fsp3) is 0.357. The molecule has 0 unspecified atom stereocenters. The maximum absolute atomic E-state index is 12.6. The maximum Gasteiger partial charge on any atom is 0.412 e. The molecule has 0 saturated carbocycles. The van der Waals surface area contributed by atoms with E-state index < -0.39 is 6.09 Å². The minimum Gasteiger partial charge on any atom is -0.459 e. The molecule has 1 aliphatic heterocycles. The van der Waals surface area contributed by atoms with Crippen LogP contribution in [-0.2, 0) is 34.0 Å². The lowest BCUT2D eigenvalue weighted by molar-refractivity contribution is -0.146. The number of rotatable bonds is 9. The number of carbonyl (C=O) groups excluding carboxylic acids is 2. The van der Waals surface area contributed by atoms with Crippen LogP contribution in [0.4, 0.5) is 10.5 Å². The molecule has 2 aromatic carbocycles. The lowest BCUT2D eigenvalue weighted by Crippen LogP contribution is -2.29. The first-order valence-electron chi connectivity index (χ1n) is 13.2. The van der Waals surface area contributed by atoms with Gasteiger partial charge in [-0.3, -0.25) is 10.1 Å².